The van der Waals surface area contributed by atoms with Crippen LogP contribution in [0.4, 0.5) is 0 Å². The van der Waals surface area contributed by atoms with Gasteiger partial charge in [0.15, 0.2) is 17.2 Å². The van der Waals surface area contributed by atoms with Crippen LogP contribution in [-0.4, -0.2) is 20.7 Å². The largest absolute Gasteiger partial charge is 0.472 e. The van der Waals surface area contributed by atoms with Crippen LogP contribution >= 0.6 is 0 Å². The third kappa shape index (κ3) is 2.40. The molecule has 0 saturated carbocycles. The Balaban J connectivity index is 1.64. The fraction of sp³-hybridized carbons (Fsp3) is 0.278. The first-order valence-electron chi connectivity index (χ1n) is 7.89. The van der Waals surface area contributed by atoms with E-state index in [4.69, 9.17) is 9.26 Å². The number of nitrogens with zero attached hydrogens (tertiary/aromatic N) is 3. The quantitative estimate of drug-likeness (QED) is 0.688. The van der Waals surface area contributed by atoms with Crippen molar-refractivity contribution >= 4 is 5.78 Å². The van der Waals surface area contributed by atoms with Gasteiger partial charge in [0, 0.05) is 31.0 Å². The van der Waals surface area contributed by atoms with Gasteiger partial charge in [0.2, 0.25) is 5.88 Å². The Hall–Kier alpha value is -2.89. The van der Waals surface area contributed by atoms with E-state index in [1.54, 1.807) is 0 Å². The summed E-state index contributed by atoms with van der Waals surface area (Å²) in [6, 6.07) is 11.8. The van der Waals surface area contributed by atoms with Gasteiger partial charge in [0.05, 0.1) is 0 Å². The highest BCUT2D eigenvalue weighted by Gasteiger charge is 2.32. The highest BCUT2D eigenvalue weighted by molar-refractivity contribution is 5.95. The molecule has 1 aliphatic heterocycles. The van der Waals surface area contributed by atoms with Crippen LogP contribution in [0, 0.1) is 0 Å². The van der Waals surface area contributed by atoms with Crippen LogP contribution in [0.15, 0.2) is 40.9 Å². The van der Waals surface area contributed by atoms with Gasteiger partial charge in [0.25, 0.3) is 0 Å². The number of carbonyl (C=O) groups excluding carboxylic acids is 1. The van der Waals surface area contributed by atoms with Gasteiger partial charge < -0.3 is 9.26 Å². The molecule has 0 radical (unpaired) electrons. The molecule has 0 amide bonds. The van der Waals surface area contributed by atoms with Crippen LogP contribution in [0.5, 0.6) is 5.88 Å². The number of carbonyl (C=O) groups is 1. The van der Waals surface area contributed by atoms with Crippen molar-refractivity contribution in [2.75, 3.05) is 0 Å². The van der Waals surface area contributed by atoms with Crippen molar-refractivity contribution in [1.29, 1.82) is 0 Å². The highest BCUT2D eigenvalue weighted by atomic mass is 16.5. The molecule has 0 unspecified atom stereocenters. The Labute approximate surface area is 139 Å². The molecule has 2 aromatic heterocycles. The number of rotatable bonds is 4. The Kier molecular flexibility index (Phi) is 3.45. The Morgan fingerprint density at radius 2 is 2.17 bits per heavy atom. The van der Waals surface area contributed by atoms with Gasteiger partial charge in [-0.1, -0.05) is 42.4 Å². The molecule has 3 heterocycles. The summed E-state index contributed by atoms with van der Waals surface area (Å²) in [7, 11) is 0. The van der Waals surface area contributed by atoms with Crippen molar-refractivity contribution in [3.63, 3.8) is 0 Å². The molecule has 4 rings (SSSR count). The Morgan fingerprint density at radius 1 is 1.38 bits per heavy atom. The number of hydrogen-bond donors (Lipinski definition) is 0. The van der Waals surface area contributed by atoms with Gasteiger partial charge in [-0.3, -0.25) is 9.48 Å². The van der Waals surface area contributed by atoms with E-state index in [1.807, 2.05) is 48.0 Å². The fourth-order valence-corrected chi connectivity index (χ4v) is 3.06. The zero-order chi connectivity index (χ0) is 16.7. The lowest BCUT2D eigenvalue weighted by molar-refractivity contribution is 0.100. The number of Topliss-reactive ketones (excluding diaryl/α,β-unsaturated/α-hetero) is 1. The predicted molar refractivity (Wildman–Crippen MR) is 86.9 cm³/mol. The van der Waals surface area contributed by atoms with E-state index < -0.39 is 0 Å². The van der Waals surface area contributed by atoms with Crippen molar-refractivity contribution in [1.82, 2.24) is 14.9 Å². The molecule has 1 aromatic carbocycles. The van der Waals surface area contributed by atoms with E-state index in [0.717, 1.165) is 16.8 Å². The predicted octanol–water partition coefficient (Wildman–Crippen LogP) is 3.44. The number of aromatic nitrogens is 3. The first kappa shape index (κ1) is 14.7. The second-order valence-electron chi connectivity index (χ2n) is 6.06. The molecule has 0 bridgehead atoms. The summed E-state index contributed by atoms with van der Waals surface area (Å²) in [5.41, 5.74) is 3.16. The Bertz CT molecular complexity index is 896. The first-order valence-corrected chi connectivity index (χ1v) is 7.89. The standard InChI is InChI=1S/C18H17N3O3/c1-11-9-21-14(18-16(11)17(12(2)22)20-24-18)8-15(19-21)23-10-13-6-4-3-5-7-13/h3-8,11H,9-10H2,1-2H3/t11-/m0/s1. The van der Waals surface area contributed by atoms with Crippen LogP contribution in [-0.2, 0) is 13.2 Å². The smallest absolute Gasteiger partial charge is 0.233 e. The molecule has 0 saturated heterocycles. The maximum Gasteiger partial charge on any atom is 0.233 e. The number of ketones is 1. The third-order valence-electron chi connectivity index (χ3n) is 4.22. The zero-order valence-electron chi connectivity index (χ0n) is 13.5. The second-order valence-corrected chi connectivity index (χ2v) is 6.06. The molecule has 1 atom stereocenters. The summed E-state index contributed by atoms with van der Waals surface area (Å²) in [5, 5.41) is 8.43. The lowest BCUT2D eigenvalue weighted by Gasteiger charge is -2.18. The van der Waals surface area contributed by atoms with Gasteiger partial charge in [-0.25, -0.2) is 0 Å². The third-order valence-corrected chi connectivity index (χ3v) is 4.22. The minimum atomic E-state index is -0.0830. The summed E-state index contributed by atoms with van der Waals surface area (Å²) in [6.45, 7) is 4.66. The molecular formula is C18H17N3O3. The fourth-order valence-electron chi connectivity index (χ4n) is 3.06. The van der Waals surface area contributed by atoms with E-state index in [2.05, 4.69) is 10.3 Å². The molecule has 1 aliphatic rings. The van der Waals surface area contributed by atoms with Crippen LogP contribution in [0.1, 0.15) is 41.4 Å². The van der Waals surface area contributed by atoms with Gasteiger partial charge in [-0.2, -0.15) is 0 Å². The van der Waals surface area contributed by atoms with Crippen LogP contribution in [0.25, 0.3) is 11.5 Å². The highest BCUT2D eigenvalue weighted by Crippen LogP contribution is 2.39. The minimum absolute atomic E-state index is 0.0830. The molecule has 6 heteroatoms. The Morgan fingerprint density at radius 3 is 2.92 bits per heavy atom. The molecule has 0 N–H and O–H groups in total. The number of hydrogen-bond acceptors (Lipinski definition) is 5. The lowest BCUT2D eigenvalue weighted by atomic mass is 9.93. The molecular weight excluding hydrogens is 306 g/mol. The number of fused-ring (bicyclic) bond motifs is 3. The van der Waals surface area contributed by atoms with E-state index in [9.17, 15) is 4.79 Å². The molecule has 122 valence electrons. The summed E-state index contributed by atoms with van der Waals surface area (Å²) >= 11 is 0. The van der Waals surface area contributed by atoms with Gasteiger partial charge in [-0.05, 0) is 5.56 Å². The van der Waals surface area contributed by atoms with Gasteiger partial charge in [-0.15, -0.1) is 5.10 Å². The molecule has 6 nitrogen and oxygen atoms in total. The summed E-state index contributed by atoms with van der Waals surface area (Å²) < 4.78 is 13.1. The van der Waals surface area contributed by atoms with Crippen molar-refractivity contribution < 1.29 is 14.1 Å². The maximum atomic E-state index is 11.7. The SMILES string of the molecule is CC(=O)c1noc2c1[C@@H](C)Cn1nc(OCc3ccccc3)cc1-2. The monoisotopic (exact) mass is 323 g/mol. The van der Waals surface area contributed by atoms with Crippen molar-refractivity contribution in [2.45, 2.75) is 32.9 Å². The lowest BCUT2D eigenvalue weighted by Crippen LogP contribution is -2.16. The first-order chi connectivity index (χ1) is 11.6. The van der Waals surface area contributed by atoms with E-state index in [-0.39, 0.29) is 11.7 Å². The number of ether oxygens (including phenoxy) is 1. The normalized spacial score (nSPS) is 15.7. The van der Waals surface area contributed by atoms with Crippen molar-refractivity contribution in [2.24, 2.45) is 0 Å². The summed E-state index contributed by atoms with van der Waals surface area (Å²) in [4.78, 5) is 11.7. The van der Waals surface area contributed by atoms with Crippen molar-refractivity contribution in [3.05, 3.63) is 53.2 Å². The zero-order valence-corrected chi connectivity index (χ0v) is 13.5. The van der Waals surface area contributed by atoms with Gasteiger partial charge >= 0.3 is 0 Å². The summed E-state index contributed by atoms with van der Waals surface area (Å²) in [5.74, 6) is 1.18. The number of benzene rings is 1. The average molecular weight is 323 g/mol. The van der Waals surface area contributed by atoms with Crippen LogP contribution < -0.4 is 4.74 Å². The van der Waals surface area contributed by atoms with Crippen molar-refractivity contribution in [3.8, 4) is 17.3 Å². The van der Waals surface area contributed by atoms with Crippen LogP contribution in [0.2, 0.25) is 0 Å². The topological polar surface area (TPSA) is 70.2 Å². The molecule has 0 fully saturated rings. The molecule has 0 aliphatic carbocycles. The van der Waals surface area contributed by atoms with Gasteiger partial charge in [0.1, 0.15) is 12.3 Å². The molecule has 0 spiro atoms. The molecule has 3 aromatic rings. The summed E-state index contributed by atoms with van der Waals surface area (Å²) in [6.07, 6.45) is 0. The van der Waals surface area contributed by atoms with E-state index in [0.29, 0.717) is 30.5 Å². The second kappa shape index (κ2) is 5.63. The minimum Gasteiger partial charge on any atom is -0.472 e. The maximum absolute atomic E-state index is 11.7. The van der Waals surface area contributed by atoms with E-state index in [1.165, 1.54) is 6.92 Å². The average Bonchev–Trinajstić information content (AvgIpc) is 3.18. The molecule has 24 heavy (non-hydrogen) atoms. The van der Waals surface area contributed by atoms with E-state index >= 15 is 0 Å². The van der Waals surface area contributed by atoms with Crippen LogP contribution in [0.3, 0.4) is 0 Å².